The van der Waals surface area contributed by atoms with Crippen LogP contribution in [0.25, 0.3) is 0 Å². The van der Waals surface area contributed by atoms with E-state index in [2.05, 4.69) is 5.32 Å². The van der Waals surface area contributed by atoms with Gasteiger partial charge in [0.15, 0.2) is 6.61 Å². The van der Waals surface area contributed by atoms with Crippen molar-refractivity contribution in [1.29, 1.82) is 0 Å². The zero-order valence-corrected chi connectivity index (χ0v) is 16.7. The van der Waals surface area contributed by atoms with Gasteiger partial charge in [-0.25, -0.2) is 4.79 Å². The Hall–Kier alpha value is -2.90. The standard InChI is InChI=1S/C21H26N2O6/c1-3-28-15-10-8-14(9-11-15)22-18(24)12-29-21(27)13(2)23-19(25)16-6-4-5-7-17(16)20(23)26/h8-11,13,16-17H,3-7,12H2,1-2H3,(H,22,24)/t13-,16+,17+/m0/s1. The van der Waals surface area contributed by atoms with E-state index in [0.29, 0.717) is 30.9 Å². The fourth-order valence-corrected chi connectivity index (χ4v) is 3.93. The van der Waals surface area contributed by atoms with Crippen molar-refractivity contribution in [2.75, 3.05) is 18.5 Å². The minimum Gasteiger partial charge on any atom is -0.494 e. The molecule has 1 N–H and O–H groups in total. The molecule has 0 spiro atoms. The van der Waals surface area contributed by atoms with Gasteiger partial charge in [-0.05, 0) is 51.0 Å². The van der Waals surface area contributed by atoms with Crippen molar-refractivity contribution in [3.63, 3.8) is 0 Å². The molecule has 1 aromatic rings. The fraction of sp³-hybridized carbons (Fsp3) is 0.524. The number of hydrogen-bond donors (Lipinski definition) is 1. The first-order valence-corrected chi connectivity index (χ1v) is 9.98. The van der Waals surface area contributed by atoms with Crippen molar-refractivity contribution < 1.29 is 28.7 Å². The van der Waals surface area contributed by atoms with Crippen LogP contribution < -0.4 is 10.1 Å². The molecule has 8 nitrogen and oxygen atoms in total. The largest absolute Gasteiger partial charge is 0.494 e. The molecule has 156 valence electrons. The molecule has 1 aromatic carbocycles. The summed E-state index contributed by atoms with van der Waals surface area (Å²) in [7, 11) is 0. The van der Waals surface area contributed by atoms with Gasteiger partial charge < -0.3 is 14.8 Å². The first-order chi connectivity index (χ1) is 13.9. The Labute approximate surface area is 169 Å². The number of likely N-dealkylation sites (tertiary alicyclic amines) is 1. The van der Waals surface area contributed by atoms with Crippen LogP contribution >= 0.6 is 0 Å². The summed E-state index contributed by atoms with van der Waals surface area (Å²) in [6.45, 7) is 3.38. The van der Waals surface area contributed by atoms with Gasteiger partial charge in [0, 0.05) is 5.69 Å². The molecule has 3 atom stereocenters. The highest BCUT2D eigenvalue weighted by atomic mass is 16.5. The minimum atomic E-state index is -1.04. The lowest BCUT2D eigenvalue weighted by Crippen LogP contribution is -2.45. The van der Waals surface area contributed by atoms with Crippen molar-refractivity contribution in [3.05, 3.63) is 24.3 Å². The minimum absolute atomic E-state index is 0.303. The van der Waals surface area contributed by atoms with Crippen molar-refractivity contribution >= 4 is 29.4 Å². The van der Waals surface area contributed by atoms with E-state index in [1.807, 2.05) is 6.92 Å². The number of fused-ring (bicyclic) bond motifs is 1. The maximum atomic E-state index is 12.6. The van der Waals surface area contributed by atoms with Gasteiger partial charge in [-0.2, -0.15) is 0 Å². The van der Waals surface area contributed by atoms with Crippen LogP contribution in [0, 0.1) is 11.8 Å². The molecule has 1 aliphatic heterocycles. The number of ether oxygens (including phenoxy) is 2. The second kappa shape index (κ2) is 9.07. The topological polar surface area (TPSA) is 102 Å². The van der Waals surface area contributed by atoms with Gasteiger partial charge in [0.2, 0.25) is 11.8 Å². The number of anilines is 1. The van der Waals surface area contributed by atoms with Gasteiger partial charge in [-0.15, -0.1) is 0 Å². The smallest absolute Gasteiger partial charge is 0.329 e. The number of esters is 1. The fourth-order valence-electron chi connectivity index (χ4n) is 3.93. The second-order valence-electron chi connectivity index (χ2n) is 7.33. The summed E-state index contributed by atoms with van der Waals surface area (Å²) in [5.74, 6) is -1.85. The van der Waals surface area contributed by atoms with E-state index in [0.717, 1.165) is 17.7 Å². The van der Waals surface area contributed by atoms with Crippen LogP contribution in [0.4, 0.5) is 5.69 Å². The van der Waals surface area contributed by atoms with Crippen LogP contribution in [0.2, 0.25) is 0 Å². The molecular formula is C21H26N2O6. The van der Waals surface area contributed by atoms with E-state index in [1.165, 1.54) is 6.92 Å². The number of benzene rings is 1. The van der Waals surface area contributed by atoms with Crippen molar-refractivity contribution in [3.8, 4) is 5.75 Å². The quantitative estimate of drug-likeness (QED) is 0.554. The molecule has 2 aliphatic rings. The van der Waals surface area contributed by atoms with Gasteiger partial charge >= 0.3 is 5.97 Å². The molecule has 0 radical (unpaired) electrons. The van der Waals surface area contributed by atoms with Crippen molar-refractivity contribution in [1.82, 2.24) is 4.90 Å². The highest BCUT2D eigenvalue weighted by Crippen LogP contribution is 2.38. The van der Waals surface area contributed by atoms with E-state index in [-0.39, 0.29) is 23.7 Å². The van der Waals surface area contributed by atoms with Gasteiger partial charge in [0.1, 0.15) is 11.8 Å². The molecule has 1 saturated carbocycles. The van der Waals surface area contributed by atoms with E-state index in [9.17, 15) is 19.2 Å². The predicted octanol–water partition coefficient (Wildman–Crippen LogP) is 2.13. The zero-order chi connectivity index (χ0) is 21.0. The third-order valence-corrected chi connectivity index (χ3v) is 5.40. The van der Waals surface area contributed by atoms with Crippen LogP contribution in [-0.2, 0) is 23.9 Å². The number of nitrogens with one attached hydrogen (secondary N) is 1. The molecular weight excluding hydrogens is 376 g/mol. The zero-order valence-electron chi connectivity index (χ0n) is 16.7. The molecule has 0 aromatic heterocycles. The van der Waals surface area contributed by atoms with Crippen LogP contribution in [-0.4, -0.2) is 47.8 Å². The Balaban J connectivity index is 1.51. The third kappa shape index (κ3) is 4.58. The van der Waals surface area contributed by atoms with Gasteiger partial charge in [-0.3, -0.25) is 19.3 Å². The molecule has 29 heavy (non-hydrogen) atoms. The van der Waals surface area contributed by atoms with E-state index >= 15 is 0 Å². The number of hydrogen-bond acceptors (Lipinski definition) is 6. The predicted molar refractivity (Wildman–Crippen MR) is 104 cm³/mol. The van der Waals surface area contributed by atoms with E-state index in [4.69, 9.17) is 9.47 Å². The highest BCUT2D eigenvalue weighted by Gasteiger charge is 2.51. The molecule has 0 unspecified atom stereocenters. The Kier molecular flexibility index (Phi) is 6.51. The third-order valence-electron chi connectivity index (χ3n) is 5.40. The number of carbonyl (C=O) groups is 4. The molecule has 2 fully saturated rings. The van der Waals surface area contributed by atoms with Crippen LogP contribution in [0.15, 0.2) is 24.3 Å². The molecule has 3 amide bonds. The SMILES string of the molecule is CCOc1ccc(NC(=O)COC(=O)[C@H](C)N2C(=O)[C@@H]3CCCC[C@H]3C2=O)cc1. The number of amides is 3. The average molecular weight is 402 g/mol. The Morgan fingerprint density at radius 1 is 1.10 bits per heavy atom. The molecule has 0 bridgehead atoms. The van der Waals surface area contributed by atoms with Gasteiger partial charge in [0.05, 0.1) is 18.4 Å². The Bertz CT molecular complexity index is 767. The van der Waals surface area contributed by atoms with Crippen molar-refractivity contribution in [2.24, 2.45) is 11.8 Å². The molecule has 1 aliphatic carbocycles. The number of nitrogens with zero attached hydrogens (tertiary/aromatic N) is 1. The number of rotatable bonds is 7. The maximum Gasteiger partial charge on any atom is 0.329 e. The number of carbonyl (C=O) groups excluding carboxylic acids is 4. The number of imide groups is 1. The summed E-state index contributed by atoms with van der Waals surface area (Å²) in [4.78, 5) is 50.5. The van der Waals surface area contributed by atoms with Crippen LogP contribution in [0.5, 0.6) is 5.75 Å². The summed E-state index contributed by atoms with van der Waals surface area (Å²) in [6.07, 6.45) is 3.19. The van der Waals surface area contributed by atoms with Crippen molar-refractivity contribution in [2.45, 2.75) is 45.6 Å². The van der Waals surface area contributed by atoms with Crippen LogP contribution in [0.3, 0.4) is 0 Å². The summed E-state index contributed by atoms with van der Waals surface area (Å²) >= 11 is 0. The summed E-state index contributed by atoms with van der Waals surface area (Å²) in [5.41, 5.74) is 0.538. The Morgan fingerprint density at radius 2 is 1.69 bits per heavy atom. The van der Waals surface area contributed by atoms with E-state index in [1.54, 1.807) is 24.3 Å². The summed E-state index contributed by atoms with van der Waals surface area (Å²) < 4.78 is 10.4. The monoisotopic (exact) mass is 402 g/mol. The first-order valence-electron chi connectivity index (χ1n) is 9.98. The summed E-state index contributed by atoms with van der Waals surface area (Å²) in [5, 5.41) is 2.61. The lowest BCUT2D eigenvalue weighted by Gasteiger charge is -2.21. The second-order valence-corrected chi connectivity index (χ2v) is 7.33. The Morgan fingerprint density at radius 3 is 2.24 bits per heavy atom. The molecule has 3 rings (SSSR count). The average Bonchev–Trinajstić information content (AvgIpc) is 2.98. The van der Waals surface area contributed by atoms with E-state index < -0.39 is 24.5 Å². The maximum absolute atomic E-state index is 12.6. The highest BCUT2D eigenvalue weighted by molar-refractivity contribution is 6.08. The molecule has 1 heterocycles. The summed E-state index contributed by atoms with van der Waals surface area (Å²) in [6, 6.07) is 5.75. The normalized spacial score (nSPS) is 22.1. The van der Waals surface area contributed by atoms with Gasteiger partial charge in [-0.1, -0.05) is 12.8 Å². The lowest BCUT2D eigenvalue weighted by atomic mass is 9.81. The first kappa shape index (κ1) is 20.8. The van der Waals surface area contributed by atoms with Gasteiger partial charge in [0.25, 0.3) is 5.91 Å². The lowest BCUT2D eigenvalue weighted by molar-refractivity contribution is -0.159. The molecule has 1 saturated heterocycles. The molecule has 8 heteroatoms. The van der Waals surface area contributed by atoms with Crippen LogP contribution in [0.1, 0.15) is 39.5 Å².